The van der Waals surface area contributed by atoms with Gasteiger partial charge in [0.15, 0.2) is 0 Å². The first kappa shape index (κ1) is 21.1. The first-order valence-electron chi connectivity index (χ1n) is 8.21. The molecule has 0 fully saturated rings. The number of hydrogen-bond acceptors (Lipinski definition) is 6. The van der Waals surface area contributed by atoms with Gasteiger partial charge in [-0.3, -0.25) is 9.59 Å². The van der Waals surface area contributed by atoms with E-state index in [9.17, 15) is 19.8 Å². The van der Waals surface area contributed by atoms with Crippen molar-refractivity contribution in [2.45, 2.75) is 58.3 Å². The molecule has 0 spiro atoms. The number of β-amino-alcohol motifs (C(OH)–C–C–N with tert-alkyl or cyclic N) is 1. The van der Waals surface area contributed by atoms with Crippen LogP contribution in [0.15, 0.2) is 18.2 Å². The number of ether oxygens (including phenoxy) is 1. The molecule has 140 valence electrons. The lowest BCUT2D eigenvalue weighted by Gasteiger charge is -2.23. The number of carbonyl (C=O) groups is 2. The van der Waals surface area contributed by atoms with Crippen molar-refractivity contribution in [3.05, 3.63) is 29.3 Å². The summed E-state index contributed by atoms with van der Waals surface area (Å²) in [6, 6.07) is 4.75. The minimum atomic E-state index is -0.967. The van der Waals surface area contributed by atoms with Gasteiger partial charge in [-0.2, -0.15) is 0 Å². The fourth-order valence-corrected chi connectivity index (χ4v) is 2.11. The third kappa shape index (κ3) is 8.11. The van der Waals surface area contributed by atoms with Crippen LogP contribution in [-0.4, -0.2) is 39.3 Å². The van der Waals surface area contributed by atoms with Crippen LogP contribution in [0, 0.1) is 0 Å². The van der Waals surface area contributed by atoms with Gasteiger partial charge in [-0.15, -0.1) is 0 Å². The summed E-state index contributed by atoms with van der Waals surface area (Å²) in [5, 5.41) is 31.5. The second-order valence-electron chi connectivity index (χ2n) is 6.89. The Morgan fingerprint density at radius 2 is 1.92 bits per heavy atom. The highest BCUT2D eigenvalue weighted by molar-refractivity contribution is 5.74. The summed E-state index contributed by atoms with van der Waals surface area (Å²) in [5.74, 6) is -1.31. The lowest BCUT2D eigenvalue weighted by atomic mass is 10.0. The maximum Gasteiger partial charge on any atom is 0.311 e. The maximum absolute atomic E-state index is 11.7. The molecule has 0 aliphatic carbocycles. The molecular formula is C18H27NO6. The molecule has 1 rings (SSSR count). The number of rotatable bonds is 9. The van der Waals surface area contributed by atoms with E-state index in [2.05, 4.69) is 5.32 Å². The van der Waals surface area contributed by atoms with E-state index in [1.165, 1.54) is 6.07 Å². The first-order chi connectivity index (χ1) is 11.6. The summed E-state index contributed by atoms with van der Waals surface area (Å²) in [5.41, 5.74) is 0.858. The van der Waals surface area contributed by atoms with Gasteiger partial charge in [-0.25, -0.2) is 0 Å². The van der Waals surface area contributed by atoms with Gasteiger partial charge in [0.1, 0.15) is 5.75 Å². The Bertz CT molecular complexity index is 594. The zero-order valence-electron chi connectivity index (χ0n) is 14.9. The van der Waals surface area contributed by atoms with Gasteiger partial charge in [0.2, 0.25) is 0 Å². The van der Waals surface area contributed by atoms with Gasteiger partial charge in [-0.05, 0) is 44.9 Å². The highest BCUT2D eigenvalue weighted by Gasteiger charge is 2.16. The van der Waals surface area contributed by atoms with Crippen molar-refractivity contribution in [1.29, 1.82) is 0 Å². The topological polar surface area (TPSA) is 116 Å². The monoisotopic (exact) mass is 353 g/mol. The average molecular weight is 353 g/mol. The zero-order valence-corrected chi connectivity index (χ0v) is 14.9. The van der Waals surface area contributed by atoms with Crippen LogP contribution in [0.2, 0.25) is 0 Å². The van der Waals surface area contributed by atoms with Crippen LogP contribution in [0.1, 0.15) is 57.3 Å². The minimum Gasteiger partial charge on any atom is -0.481 e. The van der Waals surface area contributed by atoms with Crippen LogP contribution in [0.5, 0.6) is 5.75 Å². The van der Waals surface area contributed by atoms with E-state index in [1.54, 1.807) is 12.1 Å². The molecule has 0 saturated carbocycles. The Hall–Kier alpha value is -1.96. The predicted molar refractivity (Wildman–Crippen MR) is 92.2 cm³/mol. The number of carbonyl (C=O) groups excluding carboxylic acids is 1. The maximum atomic E-state index is 11.7. The first-order valence-corrected chi connectivity index (χ1v) is 8.21. The summed E-state index contributed by atoms with van der Waals surface area (Å²) < 4.78 is 5.18. The van der Waals surface area contributed by atoms with Gasteiger partial charge in [0.05, 0.1) is 12.7 Å². The number of hydrogen-bond donors (Lipinski definition) is 4. The number of carboxylic acids is 1. The molecule has 1 unspecified atom stereocenters. The summed E-state index contributed by atoms with van der Waals surface area (Å²) in [6.45, 7) is 5.98. The summed E-state index contributed by atoms with van der Waals surface area (Å²) in [4.78, 5) is 22.2. The Labute approximate surface area is 147 Å². The normalized spacial score (nSPS) is 12.7. The molecule has 1 atom stereocenters. The van der Waals surface area contributed by atoms with Crippen LogP contribution >= 0.6 is 0 Å². The van der Waals surface area contributed by atoms with E-state index in [0.29, 0.717) is 17.7 Å². The van der Waals surface area contributed by atoms with Crippen molar-refractivity contribution in [2.75, 3.05) is 6.54 Å². The molecular weight excluding hydrogens is 326 g/mol. The van der Waals surface area contributed by atoms with E-state index in [4.69, 9.17) is 9.84 Å². The van der Waals surface area contributed by atoms with E-state index >= 15 is 0 Å². The molecule has 0 saturated heterocycles. The summed E-state index contributed by atoms with van der Waals surface area (Å²) >= 11 is 0. The van der Waals surface area contributed by atoms with E-state index in [0.717, 1.165) is 0 Å². The molecule has 0 heterocycles. The third-order valence-electron chi connectivity index (χ3n) is 3.46. The Morgan fingerprint density at radius 1 is 1.24 bits per heavy atom. The molecule has 7 heteroatoms. The van der Waals surface area contributed by atoms with E-state index < -0.39 is 18.0 Å². The van der Waals surface area contributed by atoms with Crippen LogP contribution in [-0.2, 0) is 16.2 Å². The van der Waals surface area contributed by atoms with Crippen molar-refractivity contribution in [1.82, 2.24) is 5.32 Å². The van der Waals surface area contributed by atoms with Gasteiger partial charge in [0.25, 0.3) is 0 Å². The lowest BCUT2D eigenvalue weighted by molar-refractivity contribution is -0.137. The Kier molecular flexibility index (Phi) is 8.02. The van der Waals surface area contributed by atoms with Crippen molar-refractivity contribution in [3.63, 3.8) is 0 Å². The number of esters is 1. The molecule has 1 aromatic carbocycles. The number of carboxylic acid groups (broad SMARTS) is 1. The quantitative estimate of drug-likeness (QED) is 0.395. The number of aliphatic carboxylic acids is 1. The Morgan fingerprint density at radius 3 is 2.48 bits per heavy atom. The van der Waals surface area contributed by atoms with Gasteiger partial charge >= 0.3 is 11.9 Å². The van der Waals surface area contributed by atoms with Crippen molar-refractivity contribution in [3.8, 4) is 5.75 Å². The summed E-state index contributed by atoms with van der Waals surface area (Å²) in [6.07, 6.45) is -0.687. The van der Waals surface area contributed by atoms with Gasteiger partial charge in [-0.1, -0.05) is 6.07 Å². The largest absolute Gasteiger partial charge is 0.481 e. The number of benzene rings is 1. The second kappa shape index (κ2) is 9.50. The molecule has 0 bridgehead atoms. The van der Waals surface area contributed by atoms with E-state index in [-0.39, 0.29) is 37.2 Å². The number of aliphatic hydroxyl groups excluding tert-OH is 2. The molecule has 0 aliphatic rings. The SMILES string of the molecule is CC(C)(C)NCC(O)c1ccc(OC(=O)CCCC(=O)O)c(CO)c1. The molecule has 25 heavy (non-hydrogen) atoms. The third-order valence-corrected chi connectivity index (χ3v) is 3.46. The van der Waals surface area contributed by atoms with Crippen LogP contribution in [0.4, 0.5) is 0 Å². The fourth-order valence-electron chi connectivity index (χ4n) is 2.11. The Balaban J connectivity index is 2.71. The molecule has 0 aliphatic heterocycles. The zero-order chi connectivity index (χ0) is 19.0. The second-order valence-corrected chi connectivity index (χ2v) is 6.89. The number of nitrogens with one attached hydrogen (secondary N) is 1. The predicted octanol–water partition coefficient (Wildman–Crippen LogP) is 1.76. The minimum absolute atomic E-state index is 0.0168. The molecule has 0 amide bonds. The molecule has 1 aromatic rings. The summed E-state index contributed by atoms with van der Waals surface area (Å²) in [7, 11) is 0. The van der Waals surface area contributed by atoms with Crippen LogP contribution < -0.4 is 10.1 Å². The average Bonchev–Trinajstić information content (AvgIpc) is 2.51. The van der Waals surface area contributed by atoms with Crippen LogP contribution in [0.25, 0.3) is 0 Å². The lowest BCUT2D eigenvalue weighted by Crippen LogP contribution is -2.38. The standard InChI is InChI=1S/C18H27NO6/c1-18(2,3)19-10-14(21)12-7-8-15(13(9-12)11-20)25-17(24)6-4-5-16(22)23/h7-9,14,19-21H,4-6,10-11H2,1-3H3,(H,22,23). The van der Waals surface area contributed by atoms with Gasteiger partial charge in [0, 0.05) is 30.5 Å². The highest BCUT2D eigenvalue weighted by atomic mass is 16.5. The van der Waals surface area contributed by atoms with Gasteiger partial charge < -0.3 is 25.4 Å². The molecule has 7 nitrogen and oxygen atoms in total. The molecule has 0 radical (unpaired) electrons. The van der Waals surface area contributed by atoms with Crippen LogP contribution in [0.3, 0.4) is 0 Å². The van der Waals surface area contributed by atoms with Crippen molar-refractivity contribution in [2.24, 2.45) is 0 Å². The highest BCUT2D eigenvalue weighted by Crippen LogP contribution is 2.24. The van der Waals surface area contributed by atoms with E-state index in [1.807, 2.05) is 20.8 Å². The fraction of sp³-hybridized carbons (Fsp3) is 0.556. The van der Waals surface area contributed by atoms with Crippen molar-refractivity contribution >= 4 is 11.9 Å². The van der Waals surface area contributed by atoms with Crippen molar-refractivity contribution < 1.29 is 29.6 Å². The molecule has 0 aromatic heterocycles. The smallest absolute Gasteiger partial charge is 0.311 e. The molecule has 4 N–H and O–H groups in total. The number of aliphatic hydroxyl groups is 2.